The minimum absolute atomic E-state index is 0.821. The second kappa shape index (κ2) is 8.01. The molecule has 0 aliphatic heterocycles. The summed E-state index contributed by atoms with van der Waals surface area (Å²) in [4.78, 5) is 16.6. The number of allylic oxidation sites excluding steroid dienone is 4. The maximum absolute atomic E-state index is 4.72. The number of aromatic nitrogens is 1. The number of hydrogen-bond donors (Lipinski definition) is 1. The molecule has 28 heavy (non-hydrogen) atoms. The molecule has 0 amide bonds. The maximum Gasteiger partial charge on any atom is 0.0704 e. The zero-order valence-electron chi connectivity index (χ0n) is 16.6. The first-order valence-electron chi connectivity index (χ1n) is 9.03. The molecule has 0 bridgehead atoms. The van der Waals surface area contributed by atoms with Crippen molar-refractivity contribution in [1.29, 1.82) is 0 Å². The first kappa shape index (κ1) is 19.2. The Morgan fingerprint density at radius 2 is 1.79 bits per heavy atom. The fraction of sp³-hybridized carbons (Fsp3) is 0.125. The van der Waals surface area contributed by atoms with Crippen molar-refractivity contribution in [1.82, 2.24) is 4.98 Å². The third-order valence-corrected chi connectivity index (χ3v) is 4.85. The molecule has 1 aromatic heterocycles. The minimum Gasteiger partial charge on any atom is -0.354 e. The van der Waals surface area contributed by atoms with Crippen LogP contribution in [0.25, 0.3) is 6.08 Å². The molecule has 0 radical (unpaired) electrons. The molecule has 0 fully saturated rings. The van der Waals surface area contributed by atoms with Gasteiger partial charge in [0, 0.05) is 5.69 Å². The highest BCUT2D eigenvalue weighted by molar-refractivity contribution is 6.12. The van der Waals surface area contributed by atoms with Gasteiger partial charge in [-0.3, -0.25) is 9.98 Å². The van der Waals surface area contributed by atoms with Crippen molar-refractivity contribution in [2.24, 2.45) is 15.0 Å². The van der Waals surface area contributed by atoms with Crippen LogP contribution in [0.1, 0.15) is 28.1 Å². The van der Waals surface area contributed by atoms with Crippen LogP contribution in [0.4, 0.5) is 11.4 Å². The van der Waals surface area contributed by atoms with Crippen LogP contribution in [0.15, 0.2) is 75.8 Å². The zero-order chi connectivity index (χ0) is 20.3. The summed E-state index contributed by atoms with van der Waals surface area (Å²) >= 11 is 0. The van der Waals surface area contributed by atoms with E-state index in [1.54, 1.807) is 0 Å². The molecule has 1 aliphatic rings. The Morgan fingerprint density at radius 1 is 1.04 bits per heavy atom. The Bertz CT molecular complexity index is 1090. The van der Waals surface area contributed by atoms with Gasteiger partial charge < -0.3 is 4.98 Å². The lowest BCUT2D eigenvalue weighted by Crippen LogP contribution is -2.01. The summed E-state index contributed by atoms with van der Waals surface area (Å²) in [5.74, 6) is 0. The predicted molar refractivity (Wildman–Crippen MR) is 122 cm³/mol. The zero-order valence-corrected chi connectivity index (χ0v) is 16.6. The molecule has 4 heteroatoms. The second-order valence-corrected chi connectivity index (χ2v) is 6.72. The molecule has 4 nitrogen and oxygen atoms in total. The van der Waals surface area contributed by atoms with Crippen molar-refractivity contribution in [3.05, 3.63) is 88.9 Å². The lowest BCUT2D eigenvalue weighted by atomic mass is 10.0. The van der Waals surface area contributed by atoms with Crippen molar-refractivity contribution < 1.29 is 0 Å². The lowest BCUT2D eigenvalue weighted by molar-refractivity contribution is 1.31. The van der Waals surface area contributed by atoms with Gasteiger partial charge in [-0.2, -0.15) is 0 Å². The van der Waals surface area contributed by atoms with E-state index in [0.29, 0.717) is 0 Å². The SMILES string of the molecule is C=Cc1[nH]c(C=NC2=CC(=C)C(=Nc3ccc(N=C)cc3C)C=C2)c(C)c1C. The molecular formula is C24H24N4. The number of aromatic amines is 1. The van der Waals surface area contributed by atoms with E-state index in [2.05, 4.69) is 48.7 Å². The van der Waals surface area contributed by atoms with Crippen molar-refractivity contribution in [2.75, 3.05) is 0 Å². The highest BCUT2D eigenvalue weighted by Crippen LogP contribution is 2.26. The predicted octanol–water partition coefficient (Wildman–Crippen LogP) is 6.12. The number of H-pyrrole nitrogens is 1. The van der Waals surface area contributed by atoms with E-state index < -0.39 is 0 Å². The van der Waals surface area contributed by atoms with Crippen LogP contribution in [0.3, 0.4) is 0 Å². The fourth-order valence-electron chi connectivity index (χ4n) is 2.96. The Labute approximate surface area is 166 Å². The number of nitrogens with zero attached hydrogens (tertiary/aromatic N) is 3. The van der Waals surface area contributed by atoms with Crippen LogP contribution in [0.2, 0.25) is 0 Å². The number of rotatable bonds is 5. The van der Waals surface area contributed by atoms with E-state index in [0.717, 1.165) is 45.3 Å². The van der Waals surface area contributed by atoms with E-state index in [4.69, 9.17) is 4.99 Å². The summed E-state index contributed by atoms with van der Waals surface area (Å²) in [5, 5.41) is 0. The van der Waals surface area contributed by atoms with Crippen LogP contribution in [0.5, 0.6) is 0 Å². The normalized spacial score (nSPS) is 15.3. The summed E-state index contributed by atoms with van der Waals surface area (Å²) in [6.45, 7) is 17.7. The second-order valence-electron chi connectivity index (χ2n) is 6.72. The van der Waals surface area contributed by atoms with Crippen molar-refractivity contribution in [3.8, 4) is 0 Å². The fourth-order valence-corrected chi connectivity index (χ4v) is 2.96. The molecule has 1 aliphatic carbocycles. The summed E-state index contributed by atoms with van der Waals surface area (Å²) in [6, 6.07) is 5.81. The van der Waals surface area contributed by atoms with Gasteiger partial charge in [-0.15, -0.1) is 0 Å². The Morgan fingerprint density at radius 3 is 2.39 bits per heavy atom. The monoisotopic (exact) mass is 368 g/mol. The Hall–Kier alpha value is -3.53. The molecule has 0 unspecified atom stereocenters. The van der Waals surface area contributed by atoms with E-state index in [9.17, 15) is 0 Å². The Kier molecular flexibility index (Phi) is 5.50. The quantitative estimate of drug-likeness (QED) is 0.619. The number of benzene rings is 1. The van der Waals surface area contributed by atoms with Crippen molar-refractivity contribution in [3.63, 3.8) is 0 Å². The molecular weight excluding hydrogens is 344 g/mol. The largest absolute Gasteiger partial charge is 0.354 e. The minimum atomic E-state index is 0.821. The summed E-state index contributed by atoms with van der Waals surface area (Å²) in [5.41, 5.74) is 9.63. The first-order chi connectivity index (χ1) is 13.4. The molecule has 0 saturated heterocycles. The smallest absolute Gasteiger partial charge is 0.0704 e. The third-order valence-electron chi connectivity index (χ3n) is 4.85. The topological polar surface area (TPSA) is 52.9 Å². The van der Waals surface area contributed by atoms with Gasteiger partial charge in [-0.25, -0.2) is 4.99 Å². The van der Waals surface area contributed by atoms with Gasteiger partial charge in [0.1, 0.15) is 0 Å². The molecule has 1 aromatic carbocycles. The summed E-state index contributed by atoms with van der Waals surface area (Å²) in [7, 11) is 0. The van der Waals surface area contributed by atoms with Crippen LogP contribution < -0.4 is 0 Å². The van der Waals surface area contributed by atoms with Crippen molar-refractivity contribution >= 4 is 36.1 Å². The van der Waals surface area contributed by atoms with Gasteiger partial charge in [-0.05, 0) is 92.3 Å². The maximum atomic E-state index is 4.72. The number of aliphatic imine (C=N–C) groups is 3. The van der Waals surface area contributed by atoms with Crippen LogP contribution in [-0.2, 0) is 0 Å². The molecule has 3 rings (SSSR count). The van der Waals surface area contributed by atoms with Gasteiger partial charge in [0.15, 0.2) is 0 Å². The average Bonchev–Trinajstić information content (AvgIpc) is 2.97. The highest BCUT2D eigenvalue weighted by atomic mass is 14.8. The van der Waals surface area contributed by atoms with Gasteiger partial charge in [0.2, 0.25) is 0 Å². The molecule has 2 aromatic rings. The number of nitrogens with one attached hydrogen (secondary N) is 1. The first-order valence-corrected chi connectivity index (χ1v) is 9.03. The summed E-state index contributed by atoms with van der Waals surface area (Å²) < 4.78 is 0. The van der Waals surface area contributed by atoms with Gasteiger partial charge in [0.25, 0.3) is 0 Å². The van der Waals surface area contributed by atoms with E-state index in [1.807, 2.05) is 55.6 Å². The average molecular weight is 368 g/mol. The molecule has 0 spiro atoms. The molecule has 0 atom stereocenters. The van der Waals surface area contributed by atoms with E-state index in [-0.39, 0.29) is 0 Å². The standard InChI is InChI=1S/C24H24N4/c1-7-21-17(4)18(5)24(27-21)14-26-20-9-11-23(16(3)13-20)28-22-10-8-19(25-6)12-15(22)2/h7-14,27H,1,3,6H2,2,4-5H3. The van der Waals surface area contributed by atoms with Gasteiger partial charge in [-0.1, -0.05) is 13.2 Å². The lowest BCUT2D eigenvalue weighted by Gasteiger charge is -2.09. The highest BCUT2D eigenvalue weighted by Gasteiger charge is 2.09. The number of aryl methyl sites for hydroxylation is 1. The van der Waals surface area contributed by atoms with Crippen LogP contribution in [-0.4, -0.2) is 23.6 Å². The van der Waals surface area contributed by atoms with Crippen molar-refractivity contribution in [2.45, 2.75) is 20.8 Å². The summed E-state index contributed by atoms with van der Waals surface area (Å²) in [6.07, 6.45) is 9.48. The van der Waals surface area contributed by atoms with Crippen LogP contribution >= 0.6 is 0 Å². The third kappa shape index (κ3) is 3.91. The van der Waals surface area contributed by atoms with E-state index >= 15 is 0 Å². The molecule has 1 heterocycles. The van der Waals surface area contributed by atoms with Gasteiger partial charge in [0.05, 0.1) is 34.7 Å². The molecule has 0 saturated carbocycles. The Balaban J connectivity index is 1.81. The van der Waals surface area contributed by atoms with Gasteiger partial charge >= 0.3 is 0 Å². The molecule has 140 valence electrons. The molecule has 1 N–H and O–H groups in total. The van der Waals surface area contributed by atoms with E-state index in [1.165, 1.54) is 11.1 Å². The number of hydrogen-bond acceptors (Lipinski definition) is 3. The van der Waals surface area contributed by atoms with Crippen LogP contribution in [0, 0.1) is 20.8 Å².